The Morgan fingerprint density at radius 3 is 2.58 bits per heavy atom. The number of nitrogens with one attached hydrogen (secondary N) is 1. The molecule has 0 saturated heterocycles. The van der Waals surface area contributed by atoms with Gasteiger partial charge in [-0.25, -0.2) is 4.98 Å². The van der Waals surface area contributed by atoms with Gasteiger partial charge >= 0.3 is 6.18 Å². The summed E-state index contributed by atoms with van der Waals surface area (Å²) in [5.74, 6) is -0.169. The average Bonchev–Trinajstić information content (AvgIpc) is 3.24. The number of thiophene rings is 1. The normalized spacial score (nSPS) is 11.3. The molecule has 0 atom stereocenters. The van der Waals surface area contributed by atoms with Gasteiger partial charge < -0.3 is 10.1 Å². The number of carbonyl (C=O) groups excluding carboxylic acids is 1. The van der Waals surface area contributed by atoms with E-state index >= 15 is 0 Å². The van der Waals surface area contributed by atoms with Crippen LogP contribution in [0.1, 0.15) is 5.69 Å². The molecule has 0 fully saturated rings. The summed E-state index contributed by atoms with van der Waals surface area (Å²) in [4.78, 5) is 17.6. The van der Waals surface area contributed by atoms with Gasteiger partial charge in [0.25, 0.3) is 0 Å². The second-order valence-corrected chi connectivity index (χ2v) is 7.08. The number of halogens is 3. The number of amides is 1. The van der Waals surface area contributed by atoms with Gasteiger partial charge in [-0.3, -0.25) is 4.79 Å². The van der Waals surface area contributed by atoms with Gasteiger partial charge in [-0.2, -0.15) is 13.2 Å². The number of ether oxygens (including phenoxy) is 1. The third-order valence-corrected chi connectivity index (χ3v) is 5.10. The van der Waals surface area contributed by atoms with Gasteiger partial charge in [0.05, 0.1) is 17.0 Å². The molecular formula is C17H13F3N2O2S2. The van der Waals surface area contributed by atoms with E-state index in [1.165, 1.54) is 35.6 Å². The minimum absolute atomic E-state index is 0.0837. The fraction of sp³-hybridized carbons (Fsp3) is 0.176. The van der Waals surface area contributed by atoms with E-state index in [0.29, 0.717) is 11.4 Å². The van der Waals surface area contributed by atoms with E-state index in [4.69, 9.17) is 0 Å². The smallest absolute Gasteiger partial charge is 0.422 e. The van der Waals surface area contributed by atoms with Crippen molar-refractivity contribution in [2.45, 2.75) is 12.6 Å². The van der Waals surface area contributed by atoms with Gasteiger partial charge in [0.2, 0.25) is 5.91 Å². The Kier molecular flexibility index (Phi) is 5.58. The summed E-state index contributed by atoms with van der Waals surface area (Å²) in [5, 5.41) is 7.35. The number of anilines is 1. The molecule has 0 aliphatic carbocycles. The molecule has 1 aromatic carbocycles. The number of thiazole rings is 1. The molecule has 0 unspecified atom stereocenters. The summed E-state index contributed by atoms with van der Waals surface area (Å²) >= 11 is 3.06. The molecule has 3 aromatic rings. The first kappa shape index (κ1) is 18.4. The van der Waals surface area contributed by atoms with E-state index in [2.05, 4.69) is 15.0 Å². The lowest BCUT2D eigenvalue weighted by molar-refractivity contribution is -0.153. The summed E-state index contributed by atoms with van der Waals surface area (Å²) in [6.45, 7) is -1.35. The molecule has 0 aliphatic rings. The van der Waals surface area contributed by atoms with E-state index in [1.54, 1.807) is 11.3 Å². The lowest BCUT2D eigenvalue weighted by Gasteiger charge is -2.10. The highest BCUT2D eigenvalue weighted by atomic mass is 32.1. The molecule has 26 heavy (non-hydrogen) atoms. The maximum Gasteiger partial charge on any atom is 0.422 e. The minimum atomic E-state index is -4.39. The largest absolute Gasteiger partial charge is 0.484 e. The fourth-order valence-electron chi connectivity index (χ4n) is 2.07. The van der Waals surface area contributed by atoms with Gasteiger partial charge in [0.1, 0.15) is 10.8 Å². The number of benzene rings is 1. The molecule has 1 amide bonds. The van der Waals surface area contributed by atoms with Crippen molar-refractivity contribution in [2.24, 2.45) is 0 Å². The zero-order chi connectivity index (χ0) is 18.6. The first-order valence-corrected chi connectivity index (χ1v) is 9.23. The van der Waals surface area contributed by atoms with Crippen LogP contribution in [-0.4, -0.2) is 23.7 Å². The Hall–Kier alpha value is -2.39. The standard InChI is InChI=1S/C17H13F3N2O2S2/c18-17(19,20)10-24-13-5-3-11(4-6-13)21-15(23)8-12-9-26-16(22-12)14-2-1-7-25-14/h1-7,9H,8,10H2,(H,21,23). The van der Waals surface area contributed by atoms with Crippen molar-refractivity contribution in [3.8, 4) is 15.6 Å². The number of aromatic nitrogens is 1. The Morgan fingerprint density at radius 1 is 1.15 bits per heavy atom. The van der Waals surface area contributed by atoms with Crippen molar-refractivity contribution in [3.63, 3.8) is 0 Å². The van der Waals surface area contributed by atoms with Gasteiger partial charge in [-0.05, 0) is 35.7 Å². The highest BCUT2D eigenvalue weighted by molar-refractivity contribution is 7.20. The van der Waals surface area contributed by atoms with Crippen molar-refractivity contribution in [2.75, 3.05) is 11.9 Å². The Morgan fingerprint density at radius 2 is 1.92 bits per heavy atom. The molecule has 2 heterocycles. The second kappa shape index (κ2) is 7.88. The summed E-state index contributed by atoms with van der Waals surface area (Å²) < 4.78 is 40.9. The van der Waals surface area contributed by atoms with E-state index in [-0.39, 0.29) is 18.1 Å². The molecule has 0 spiro atoms. The van der Waals surface area contributed by atoms with Gasteiger partial charge in [0, 0.05) is 11.1 Å². The number of alkyl halides is 3. The summed E-state index contributed by atoms with van der Waals surface area (Å²) in [7, 11) is 0. The van der Waals surface area contributed by atoms with Crippen LogP contribution >= 0.6 is 22.7 Å². The van der Waals surface area contributed by atoms with Crippen molar-refractivity contribution < 1.29 is 22.7 Å². The fourth-order valence-corrected chi connectivity index (χ4v) is 3.70. The van der Waals surface area contributed by atoms with Gasteiger partial charge in [-0.15, -0.1) is 22.7 Å². The molecule has 4 nitrogen and oxygen atoms in total. The number of carbonyl (C=O) groups is 1. The van der Waals surface area contributed by atoms with Crippen LogP contribution in [0.3, 0.4) is 0 Å². The highest BCUT2D eigenvalue weighted by Gasteiger charge is 2.28. The number of rotatable bonds is 6. The molecule has 0 saturated carbocycles. The third-order valence-electron chi connectivity index (χ3n) is 3.17. The van der Waals surface area contributed by atoms with Crippen LogP contribution in [0.25, 0.3) is 9.88 Å². The maximum atomic E-state index is 12.1. The second-order valence-electron chi connectivity index (χ2n) is 5.27. The lowest BCUT2D eigenvalue weighted by Crippen LogP contribution is -2.19. The van der Waals surface area contributed by atoms with Crippen LogP contribution in [0, 0.1) is 0 Å². The molecule has 0 aliphatic heterocycles. The molecular weight excluding hydrogens is 385 g/mol. The summed E-state index contributed by atoms with van der Waals surface area (Å²) in [6, 6.07) is 9.63. The Labute approximate surface area is 155 Å². The van der Waals surface area contributed by atoms with Crippen LogP contribution in [0.2, 0.25) is 0 Å². The summed E-state index contributed by atoms with van der Waals surface area (Å²) in [6.07, 6.45) is -4.27. The predicted molar refractivity (Wildman–Crippen MR) is 95.8 cm³/mol. The molecule has 136 valence electrons. The first-order chi connectivity index (χ1) is 12.4. The minimum Gasteiger partial charge on any atom is -0.484 e. The summed E-state index contributed by atoms with van der Waals surface area (Å²) in [5.41, 5.74) is 1.14. The Balaban J connectivity index is 1.53. The van der Waals surface area contributed by atoms with Gasteiger partial charge in [-0.1, -0.05) is 6.07 Å². The quantitative estimate of drug-likeness (QED) is 0.636. The van der Waals surface area contributed by atoms with E-state index in [0.717, 1.165) is 9.88 Å². The van der Waals surface area contributed by atoms with Crippen molar-refractivity contribution >= 4 is 34.3 Å². The molecule has 0 radical (unpaired) electrons. The van der Waals surface area contributed by atoms with E-state index in [9.17, 15) is 18.0 Å². The number of hydrogen-bond acceptors (Lipinski definition) is 5. The van der Waals surface area contributed by atoms with Crippen LogP contribution in [0.5, 0.6) is 5.75 Å². The molecule has 9 heteroatoms. The average molecular weight is 398 g/mol. The molecule has 2 aromatic heterocycles. The predicted octanol–water partition coefficient (Wildman–Crippen LogP) is 4.99. The zero-order valence-corrected chi connectivity index (χ0v) is 14.9. The SMILES string of the molecule is O=C(Cc1csc(-c2cccs2)n1)Nc1ccc(OCC(F)(F)F)cc1. The highest BCUT2D eigenvalue weighted by Crippen LogP contribution is 2.28. The molecule has 1 N–H and O–H groups in total. The van der Waals surface area contributed by atoms with Crippen molar-refractivity contribution in [3.05, 3.63) is 52.9 Å². The monoisotopic (exact) mass is 398 g/mol. The number of hydrogen-bond donors (Lipinski definition) is 1. The number of nitrogens with zero attached hydrogens (tertiary/aromatic N) is 1. The lowest BCUT2D eigenvalue weighted by atomic mass is 10.2. The topological polar surface area (TPSA) is 51.2 Å². The van der Waals surface area contributed by atoms with E-state index in [1.807, 2.05) is 22.9 Å². The molecule has 3 rings (SSSR count). The molecule has 0 bridgehead atoms. The Bertz CT molecular complexity index is 859. The van der Waals surface area contributed by atoms with Crippen molar-refractivity contribution in [1.82, 2.24) is 4.98 Å². The first-order valence-electron chi connectivity index (χ1n) is 7.47. The third kappa shape index (κ3) is 5.30. The van der Waals surface area contributed by atoms with Crippen LogP contribution in [0.4, 0.5) is 18.9 Å². The van der Waals surface area contributed by atoms with E-state index < -0.39 is 12.8 Å². The maximum absolute atomic E-state index is 12.1. The zero-order valence-electron chi connectivity index (χ0n) is 13.2. The van der Waals surface area contributed by atoms with Crippen LogP contribution in [0.15, 0.2) is 47.2 Å². The van der Waals surface area contributed by atoms with Crippen LogP contribution < -0.4 is 10.1 Å². The van der Waals surface area contributed by atoms with Gasteiger partial charge in [0.15, 0.2) is 6.61 Å². The van der Waals surface area contributed by atoms with Crippen LogP contribution in [-0.2, 0) is 11.2 Å². The van der Waals surface area contributed by atoms with Crippen molar-refractivity contribution in [1.29, 1.82) is 0 Å².